The largest absolute Gasteiger partial charge is 0.351 e. The molecule has 0 aliphatic rings. The molecule has 4 nitrogen and oxygen atoms in total. The number of aryl methyl sites for hydroxylation is 2. The van der Waals surface area contributed by atoms with Gasteiger partial charge in [-0.3, -0.25) is 9.59 Å². The Morgan fingerprint density at radius 3 is 2.39 bits per heavy atom. The van der Waals surface area contributed by atoms with E-state index in [1.54, 1.807) is 18.2 Å². The first-order valence-corrected chi connectivity index (χ1v) is 10.2. The second kappa shape index (κ2) is 8.84. The lowest BCUT2D eigenvalue weighted by atomic mass is 9.99. The van der Waals surface area contributed by atoms with Crippen LogP contribution in [0.1, 0.15) is 31.8 Å². The van der Waals surface area contributed by atoms with Gasteiger partial charge in [-0.1, -0.05) is 48.5 Å². The number of anilines is 1. The highest BCUT2D eigenvalue weighted by Gasteiger charge is 2.13. The fraction of sp³-hybridized carbons (Fsp3) is 0.111. The number of ketones is 1. The van der Waals surface area contributed by atoms with Gasteiger partial charge in [-0.05, 0) is 60.0 Å². The molecule has 0 saturated carbocycles. The van der Waals surface area contributed by atoms with Crippen molar-refractivity contribution < 1.29 is 9.59 Å². The first-order valence-electron chi connectivity index (χ1n) is 10.2. The molecule has 1 N–H and O–H groups in total. The van der Waals surface area contributed by atoms with Gasteiger partial charge in [0, 0.05) is 42.2 Å². The molecule has 3 aromatic carbocycles. The van der Waals surface area contributed by atoms with Crippen LogP contribution >= 0.6 is 0 Å². The summed E-state index contributed by atoms with van der Waals surface area (Å²) in [4.78, 5) is 25.5. The number of amides is 1. The molecule has 1 aromatic heterocycles. The number of Topliss-reactive ketones (excluding diaryl/α,β-unsaturated/α-hetero) is 1. The Hall–Kier alpha value is -3.92. The molecular formula is C27H24N2O2. The van der Waals surface area contributed by atoms with Gasteiger partial charge in [0.15, 0.2) is 5.78 Å². The van der Waals surface area contributed by atoms with Gasteiger partial charge >= 0.3 is 0 Å². The Balaban J connectivity index is 1.52. The molecule has 4 aromatic rings. The molecule has 154 valence electrons. The van der Waals surface area contributed by atoms with Crippen molar-refractivity contribution in [3.05, 3.63) is 113 Å². The third-order valence-corrected chi connectivity index (χ3v) is 5.37. The van der Waals surface area contributed by atoms with Crippen LogP contribution in [0.3, 0.4) is 0 Å². The highest BCUT2D eigenvalue weighted by atomic mass is 16.1. The molecule has 1 amide bonds. The summed E-state index contributed by atoms with van der Waals surface area (Å²) in [6.07, 6.45) is 2.30. The molecule has 0 aliphatic heterocycles. The van der Waals surface area contributed by atoms with Gasteiger partial charge in [-0.2, -0.15) is 0 Å². The molecule has 4 rings (SSSR count). The van der Waals surface area contributed by atoms with Crippen molar-refractivity contribution in [3.8, 4) is 11.3 Å². The molecule has 1 heterocycles. The molecule has 31 heavy (non-hydrogen) atoms. The van der Waals surface area contributed by atoms with Gasteiger partial charge < -0.3 is 9.88 Å². The van der Waals surface area contributed by atoms with Crippen LogP contribution in [0.4, 0.5) is 5.69 Å². The monoisotopic (exact) mass is 408 g/mol. The first-order chi connectivity index (χ1) is 15.0. The minimum Gasteiger partial charge on any atom is -0.351 e. The standard InChI is InChI=1S/C27H24N2O2/c1-19-13-14-23(18-24(19)28-27(31)21-9-4-3-5-10-21)26(30)17-20-8-6-11-22(16-20)25-12-7-15-29(25)2/h3-16,18H,17H2,1-2H3,(H,28,31). The van der Waals surface area contributed by atoms with Crippen LogP contribution in [0, 0.1) is 6.92 Å². The van der Waals surface area contributed by atoms with Crippen LogP contribution in [0.15, 0.2) is 91.1 Å². The van der Waals surface area contributed by atoms with Crippen LogP contribution in [-0.2, 0) is 13.5 Å². The van der Waals surface area contributed by atoms with E-state index in [1.165, 1.54) is 0 Å². The lowest BCUT2D eigenvalue weighted by molar-refractivity contribution is 0.0989. The highest BCUT2D eigenvalue weighted by molar-refractivity contribution is 6.06. The quantitative estimate of drug-likeness (QED) is 0.417. The Kier molecular flexibility index (Phi) is 5.80. The van der Waals surface area contributed by atoms with Crippen LogP contribution in [-0.4, -0.2) is 16.3 Å². The fourth-order valence-corrected chi connectivity index (χ4v) is 3.60. The zero-order chi connectivity index (χ0) is 21.8. The normalized spacial score (nSPS) is 10.6. The van der Waals surface area contributed by atoms with Gasteiger partial charge in [0.05, 0.1) is 0 Å². The molecule has 0 unspecified atom stereocenters. The molecule has 0 saturated heterocycles. The summed E-state index contributed by atoms with van der Waals surface area (Å²) in [6.45, 7) is 1.91. The van der Waals surface area contributed by atoms with Crippen LogP contribution in [0.25, 0.3) is 11.3 Å². The van der Waals surface area contributed by atoms with E-state index >= 15 is 0 Å². The number of carbonyl (C=O) groups excluding carboxylic acids is 2. The molecule has 0 fully saturated rings. The summed E-state index contributed by atoms with van der Waals surface area (Å²) in [5.41, 5.74) is 5.87. The Morgan fingerprint density at radius 2 is 1.65 bits per heavy atom. The number of hydrogen-bond donors (Lipinski definition) is 1. The number of benzene rings is 3. The van der Waals surface area contributed by atoms with Crippen molar-refractivity contribution >= 4 is 17.4 Å². The predicted molar refractivity (Wildman–Crippen MR) is 124 cm³/mol. The third kappa shape index (κ3) is 4.64. The average Bonchev–Trinajstić information content (AvgIpc) is 3.22. The van der Waals surface area contributed by atoms with Gasteiger partial charge in [0.2, 0.25) is 0 Å². The minimum atomic E-state index is -0.191. The lowest BCUT2D eigenvalue weighted by Crippen LogP contribution is -2.13. The van der Waals surface area contributed by atoms with Crippen molar-refractivity contribution in [2.75, 3.05) is 5.32 Å². The summed E-state index contributed by atoms with van der Waals surface area (Å²) in [7, 11) is 2.00. The van der Waals surface area contributed by atoms with E-state index in [4.69, 9.17) is 0 Å². The zero-order valence-electron chi connectivity index (χ0n) is 17.6. The predicted octanol–water partition coefficient (Wildman–Crippen LogP) is 5.68. The number of aromatic nitrogens is 1. The maximum absolute atomic E-state index is 13.0. The lowest BCUT2D eigenvalue weighted by Gasteiger charge is -2.11. The zero-order valence-corrected chi connectivity index (χ0v) is 17.6. The topological polar surface area (TPSA) is 51.1 Å². The van der Waals surface area contributed by atoms with Crippen molar-refractivity contribution in [1.29, 1.82) is 0 Å². The van der Waals surface area contributed by atoms with Crippen LogP contribution in [0.2, 0.25) is 0 Å². The second-order valence-corrected chi connectivity index (χ2v) is 7.65. The molecule has 0 atom stereocenters. The number of carbonyl (C=O) groups is 2. The molecule has 0 aliphatic carbocycles. The Labute approximate surface area is 182 Å². The van der Waals surface area contributed by atoms with E-state index < -0.39 is 0 Å². The smallest absolute Gasteiger partial charge is 0.255 e. The van der Waals surface area contributed by atoms with Gasteiger partial charge in [0.25, 0.3) is 5.91 Å². The third-order valence-electron chi connectivity index (χ3n) is 5.37. The Morgan fingerprint density at radius 1 is 0.839 bits per heavy atom. The first kappa shape index (κ1) is 20.4. The molecule has 4 heteroatoms. The number of nitrogens with one attached hydrogen (secondary N) is 1. The molecule has 0 radical (unpaired) electrons. The summed E-state index contributed by atoms with van der Waals surface area (Å²) >= 11 is 0. The van der Waals surface area contributed by atoms with Gasteiger partial charge in [0.1, 0.15) is 0 Å². The van der Waals surface area contributed by atoms with E-state index in [1.807, 2.05) is 74.8 Å². The van der Waals surface area contributed by atoms with E-state index in [-0.39, 0.29) is 11.7 Å². The van der Waals surface area contributed by atoms with Crippen LogP contribution in [0.5, 0.6) is 0 Å². The van der Waals surface area contributed by atoms with Gasteiger partial charge in [-0.15, -0.1) is 0 Å². The van der Waals surface area contributed by atoms with Crippen molar-refractivity contribution in [3.63, 3.8) is 0 Å². The molecule has 0 bridgehead atoms. The van der Waals surface area contributed by atoms with Crippen molar-refractivity contribution in [1.82, 2.24) is 4.57 Å². The van der Waals surface area contributed by atoms with Crippen LogP contribution < -0.4 is 5.32 Å². The van der Waals surface area contributed by atoms with Gasteiger partial charge in [-0.25, -0.2) is 0 Å². The average molecular weight is 409 g/mol. The second-order valence-electron chi connectivity index (χ2n) is 7.65. The summed E-state index contributed by atoms with van der Waals surface area (Å²) in [5, 5.41) is 2.93. The molecular weight excluding hydrogens is 384 g/mol. The number of nitrogens with zero attached hydrogens (tertiary/aromatic N) is 1. The number of hydrogen-bond acceptors (Lipinski definition) is 2. The van der Waals surface area contributed by atoms with E-state index in [0.29, 0.717) is 23.2 Å². The summed E-state index contributed by atoms with van der Waals surface area (Å²) in [5.74, 6) is -0.178. The summed E-state index contributed by atoms with van der Waals surface area (Å²) in [6, 6.07) is 26.6. The fourth-order valence-electron chi connectivity index (χ4n) is 3.60. The van der Waals surface area contributed by atoms with Crippen molar-refractivity contribution in [2.45, 2.75) is 13.3 Å². The maximum atomic E-state index is 13.0. The van der Waals surface area contributed by atoms with Crippen molar-refractivity contribution in [2.24, 2.45) is 7.05 Å². The molecule has 0 spiro atoms. The SMILES string of the molecule is Cc1ccc(C(=O)Cc2cccc(-c3cccn3C)c2)cc1NC(=O)c1ccccc1. The summed E-state index contributed by atoms with van der Waals surface area (Å²) < 4.78 is 2.06. The maximum Gasteiger partial charge on any atom is 0.255 e. The van der Waals surface area contributed by atoms with E-state index in [0.717, 1.165) is 22.4 Å². The number of rotatable bonds is 6. The Bertz CT molecular complexity index is 1240. The van der Waals surface area contributed by atoms with E-state index in [9.17, 15) is 9.59 Å². The van der Waals surface area contributed by atoms with E-state index in [2.05, 4.69) is 22.0 Å². The minimum absolute atomic E-state index is 0.0132. The highest BCUT2D eigenvalue weighted by Crippen LogP contribution is 2.23.